The summed E-state index contributed by atoms with van der Waals surface area (Å²) >= 11 is 0. The van der Waals surface area contributed by atoms with Gasteiger partial charge in [0.1, 0.15) is 5.82 Å². The lowest BCUT2D eigenvalue weighted by atomic mass is 10.2. The predicted octanol–water partition coefficient (Wildman–Crippen LogP) is 2.19. The highest BCUT2D eigenvalue weighted by Gasteiger charge is 2.05. The van der Waals surface area contributed by atoms with Crippen LogP contribution in [0.1, 0.15) is 19.3 Å². The summed E-state index contributed by atoms with van der Waals surface area (Å²) in [6.45, 7) is 0. The summed E-state index contributed by atoms with van der Waals surface area (Å²) in [5, 5.41) is 8.41. The lowest BCUT2D eigenvalue weighted by Gasteiger charge is -2.01. The zero-order valence-corrected chi connectivity index (χ0v) is 9.50. The van der Waals surface area contributed by atoms with Gasteiger partial charge in [-0.3, -0.25) is 9.00 Å². The van der Waals surface area contributed by atoms with Gasteiger partial charge in [-0.15, -0.1) is 0 Å². The van der Waals surface area contributed by atoms with Crippen LogP contribution in [-0.2, 0) is 15.6 Å². The van der Waals surface area contributed by atoms with Gasteiger partial charge in [0.2, 0.25) is 0 Å². The SMILES string of the molecule is O=C(O)CCCCS(=O)c1cccc(F)c1. The number of hydrogen-bond donors (Lipinski definition) is 1. The molecule has 3 nitrogen and oxygen atoms in total. The van der Waals surface area contributed by atoms with Crippen molar-refractivity contribution < 1.29 is 18.5 Å². The summed E-state index contributed by atoms with van der Waals surface area (Å²) in [7, 11) is -1.24. The first-order chi connectivity index (χ1) is 7.59. The first-order valence-corrected chi connectivity index (χ1v) is 6.27. The molecule has 16 heavy (non-hydrogen) atoms. The van der Waals surface area contributed by atoms with Crippen molar-refractivity contribution in [1.82, 2.24) is 0 Å². The normalized spacial score (nSPS) is 12.3. The van der Waals surface area contributed by atoms with Crippen molar-refractivity contribution in [1.29, 1.82) is 0 Å². The highest BCUT2D eigenvalue weighted by Crippen LogP contribution is 2.10. The highest BCUT2D eigenvalue weighted by molar-refractivity contribution is 7.85. The minimum Gasteiger partial charge on any atom is -0.481 e. The van der Waals surface area contributed by atoms with Gasteiger partial charge in [0.25, 0.3) is 0 Å². The van der Waals surface area contributed by atoms with Crippen LogP contribution in [0.15, 0.2) is 29.2 Å². The second kappa shape index (κ2) is 6.37. The third-order valence-electron chi connectivity index (χ3n) is 2.03. The Hall–Kier alpha value is -1.23. The maximum atomic E-state index is 12.8. The molecule has 5 heteroatoms. The molecule has 0 saturated heterocycles. The van der Waals surface area contributed by atoms with Gasteiger partial charge in [-0.25, -0.2) is 4.39 Å². The van der Waals surface area contributed by atoms with E-state index in [1.54, 1.807) is 6.07 Å². The molecule has 0 aliphatic rings. The molecule has 0 saturated carbocycles. The Morgan fingerprint density at radius 2 is 2.12 bits per heavy atom. The van der Waals surface area contributed by atoms with Crippen molar-refractivity contribution in [2.24, 2.45) is 0 Å². The molecule has 0 heterocycles. The van der Waals surface area contributed by atoms with Gasteiger partial charge in [0.05, 0.1) is 10.8 Å². The van der Waals surface area contributed by atoms with E-state index in [0.717, 1.165) is 0 Å². The van der Waals surface area contributed by atoms with E-state index in [1.165, 1.54) is 18.2 Å². The first kappa shape index (κ1) is 12.8. The number of hydrogen-bond acceptors (Lipinski definition) is 2. The second-order valence-electron chi connectivity index (χ2n) is 3.36. The van der Waals surface area contributed by atoms with E-state index in [2.05, 4.69) is 0 Å². The molecule has 0 radical (unpaired) electrons. The maximum absolute atomic E-state index is 12.8. The molecule has 0 aromatic heterocycles. The van der Waals surface area contributed by atoms with Gasteiger partial charge >= 0.3 is 5.97 Å². The van der Waals surface area contributed by atoms with Crippen molar-refractivity contribution in [3.8, 4) is 0 Å². The number of carboxylic acid groups (broad SMARTS) is 1. The Bertz CT molecular complexity index is 393. The van der Waals surface area contributed by atoms with Crippen molar-refractivity contribution in [2.45, 2.75) is 24.2 Å². The maximum Gasteiger partial charge on any atom is 0.303 e. The van der Waals surface area contributed by atoms with Crippen molar-refractivity contribution >= 4 is 16.8 Å². The van der Waals surface area contributed by atoms with E-state index < -0.39 is 22.6 Å². The summed E-state index contributed by atoms with van der Waals surface area (Å²) in [6, 6.07) is 5.66. The van der Waals surface area contributed by atoms with Gasteiger partial charge in [0, 0.05) is 17.1 Å². The third-order valence-corrected chi connectivity index (χ3v) is 3.47. The van der Waals surface area contributed by atoms with Crippen molar-refractivity contribution in [3.63, 3.8) is 0 Å². The summed E-state index contributed by atoms with van der Waals surface area (Å²) in [5.74, 6) is -0.885. The fourth-order valence-corrected chi connectivity index (χ4v) is 2.41. The summed E-state index contributed by atoms with van der Waals surface area (Å²) in [4.78, 5) is 10.7. The molecule has 1 atom stereocenters. The molecule has 0 fully saturated rings. The minimum atomic E-state index is -1.24. The lowest BCUT2D eigenvalue weighted by molar-refractivity contribution is -0.137. The molecule has 1 aromatic rings. The third kappa shape index (κ3) is 4.53. The van der Waals surface area contributed by atoms with Gasteiger partial charge in [0.15, 0.2) is 0 Å². The molecule has 0 amide bonds. The fraction of sp³-hybridized carbons (Fsp3) is 0.364. The number of rotatable bonds is 6. The zero-order valence-electron chi connectivity index (χ0n) is 8.69. The van der Waals surface area contributed by atoms with E-state index in [1.807, 2.05) is 0 Å². The molecular formula is C11H13FO3S. The van der Waals surface area contributed by atoms with Crippen LogP contribution in [0, 0.1) is 5.82 Å². The monoisotopic (exact) mass is 244 g/mol. The van der Waals surface area contributed by atoms with Crippen molar-refractivity contribution in [3.05, 3.63) is 30.1 Å². The Labute approximate surface area is 95.8 Å². The predicted molar refractivity (Wildman–Crippen MR) is 59.2 cm³/mol. The Kier molecular flexibility index (Phi) is 5.11. The molecule has 1 N–H and O–H groups in total. The molecule has 0 bridgehead atoms. The number of aliphatic carboxylic acids is 1. The van der Waals surface area contributed by atoms with E-state index in [-0.39, 0.29) is 6.42 Å². The van der Waals surface area contributed by atoms with Gasteiger partial charge in [-0.2, -0.15) is 0 Å². The van der Waals surface area contributed by atoms with Crippen LogP contribution in [0.3, 0.4) is 0 Å². The number of benzene rings is 1. The number of unbranched alkanes of at least 4 members (excludes halogenated alkanes) is 1. The largest absolute Gasteiger partial charge is 0.481 e. The molecule has 1 aromatic carbocycles. The summed E-state index contributed by atoms with van der Waals surface area (Å²) in [6.07, 6.45) is 1.15. The van der Waals surface area contributed by atoms with Gasteiger partial charge < -0.3 is 5.11 Å². The van der Waals surface area contributed by atoms with Crippen LogP contribution in [0.25, 0.3) is 0 Å². The average Bonchev–Trinajstić information content (AvgIpc) is 2.24. The van der Waals surface area contributed by atoms with Gasteiger partial charge in [-0.1, -0.05) is 6.07 Å². The Balaban J connectivity index is 2.38. The molecular weight excluding hydrogens is 231 g/mol. The van der Waals surface area contributed by atoms with Crippen LogP contribution >= 0.6 is 0 Å². The lowest BCUT2D eigenvalue weighted by Crippen LogP contribution is -2.01. The van der Waals surface area contributed by atoms with Crippen LogP contribution in [-0.4, -0.2) is 21.0 Å². The van der Waals surface area contributed by atoms with Crippen LogP contribution in [0.4, 0.5) is 4.39 Å². The molecule has 1 unspecified atom stereocenters. The van der Waals surface area contributed by atoms with E-state index >= 15 is 0 Å². The van der Waals surface area contributed by atoms with E-state index in [4.69, 9.17) is 5.11 Å². The Morgan fingerprint density at radius 1 is 1.38 bits per heavy atom. The zero-order chi connectivity index (χ0) is 12.0. The smallest absolute Gasteiger partial charge is 0.303 e. The standard InChI is InChI=1S/C11H13FO3S/c12-9-4-3-5-10(8-9)16(15)7-2-1-6-11(13)14/h3-5,8H,1-2,6-7H2,(H,13,14). The molecule has 0 spiro atoms. The quantitative estimate of drug-likeness (QED) is 0.780. The van der Waals surface area contributed by atoms with Crippen LogP contribution in [0.2, 0.25) is 0 Å². The van der Waals surface area contributed by atoms with Crippen molar-refractivity contribution in [2.75, 3.05) is 5.75 Å². The van der Waals surface area contributed by atoms with Gasteiger partial charge in [-0.05, 0) is 31.0 Å². The second-order valence-corrected chi connectivity index (χ2v) is 4.93. The fourth-order valence-electron chi connectivity index (χ4n) is 1.24. The Morgan fingerprint density at radius 3 is 2.75 bits per heavy atom. The summed E-state index contributed by atoms with van der Waals surface area (Å²) in [5.41, 5.74) is 0. The first-order valence-electron chi connectivity index (χ1n) is 4.95. The number of carbonyl (C=O) groups is 1. The topological polar surface area (TPSA) is 54.4 Å². The highest BCUT2D eigenvalue weighted by atomic mass is 32.2. The van der Waals surface area contributed by atoms with E-state index in [9.17, 15) is 13.4 Å². The van der Waals surface area contributed by atoms with Crippen LogP contribution in [0.5, 0.6) is 0 Å². The van der Waals surface area contributed by atoms with E-state index in [0.29, 0.717) is 23.5 Å². The molecule has 88 valence electrons. The molecule has 0 aliphatic carbocycles. The molecule has 1 rings (SSSR count). The minimum absolute atomic E-state index is 0.0837. The number of halogens is 1. The van der Waals surface area contributed by atoms with Crippen LogP contribution < -0.4 is 0 Å². The number of carboxylic acids is 1. The summed E-state index contributed by atoms with van der Waals surface area (Å²) < 4.78 is 24.4. The average molecular weight is 244 g/mol. The molecule has 0 aliphatic heterocycles.